The van der Waals surface area contributed by atoms with Gasteiger partial charge in [0, 0.05) is 13.3 Å². The third-order valence-corrected chi connectivity index (χ3v) is 3.14. The summed E-state index contributed by atoms with van der Waals surface area (Å²) in [6, 6.07) is 0. The molecule has 0 radical (unpaired) electrons. The van der Waals surface area contributed by atoms with Crippen molar-refractivity contribution in [1.82, 2.24) is 0 Å². The summed E-state index contributed by atoms with van der Waals surface area (Å²) < 4.78 is 29.8. The van der Waals surface area contributed by atoms with Crippen LogP contribution in [0, 0.1) is 0 Å². The van der Waals surface area contributed by atoms with Gasteiger partial charge < -0.3 is 14.2 Å². The molecule has 2 aliphatic rings. The maximum atomic E-state index is 14.0. The number of aldehydes is 1. The van der Waals surface area contributed by atoms with Crippen molar-refractivity contribution < 1.29 is 28.2 Å². The van der Waals surface area contributed by atoms with Crippen LogP contribution in [0.5, 0.6) is 0 Å². The van der Waals surface area contributed by atoms with Crippen molar-refractivity contribution >= 4 is 12.3 Å². The normalized spacial score (nSPS) is 43.2. The monoisotopic (exact) mass is 246 g/mol. The van der Waals surface area contributed by atoms with Gasteiger partial charge in [-0.2, -0.15) is 0 Å². The van der Waals surface area contributed by atoms with Crippen LogP contribution in [0.25, 0.3) is 0 Å². The van der Waals surface area contributed by atoms with Gasteiger partial charge in [-0.05, 0) is 13.8 Å². The Morgan fingerprint density at radius 3 is 2.53 bits per heavy atom. The van der Waals surface area contributed by atoms with E-state index in [9.17, 15) is 14.0 Å². The van der Waals surface area contributed by atoms with Gasteiger partial charge in [0.15, 0.2) is 17.7 Å². The Morgan fingerprint density at radius 2 is 2.18 bits per heavy atom. The molecule has 2 rings (SSSR count). The molecule has 0 spiro atoms. The van der Waals surface area contributed by atoms with E-state index in [-0.39, 0.29) is 19.3 Å². The maximum absolute atomic E-state index is 14.0. The summed E-state index contributed by atoms with van der Waals surface area (Å²) in [5, 5.41) is 0. The zero-order valence-corrected chi connectivity index (χ0v) is 9.99. The van der Waals surface area contributed by atoms with Crippen LogP contribution in [0.4, 0.5) is 4.39 Å². The minimum atomic E-state index is -2.16. The van der Waals surface area contributed by atoms with Crippen molar-refractivity contribution in [3.63, 3.8) is 0 Å². The van der Waals surface area contributed by atoms with Gasteiger partial charge in [-0.25, -0.2) is 4.39 Å². The van der Waals surface area contributed by atoms with Crippen LogP contribution >= 0.6 is 0 Å². The molecule has 1 saturated carbocycles. The summed E-state index contributed by atoms with van der Waals surface area (Å²) in [5.74, 6) is -1.50. The number of rotatable bonds is 3. The van der Waals surface area contributed by atoms with Crippen LogP contribution in [-0.2, 0) is 23.8 Å². The first-order valence-electron chi connectivity index (χ1n) is 5.41. The highest BCUT2D eigenvalue weighted by molar-refractivity contribution is 5.76. The van der Waals surface area contributed by atoms with E-state index < -0.39 is 29.1 Å². The number of esters is 1. The second-order valence-electron chi connectivity index (χ2n) is 4.96. The second kappa shape index (κ2) is 3.49. The first-order valence-corrected chi connectivity index (χ1v) is 5.41. The lowest BCUT2D eigenvalue weighted by atomic mass is 10.1. The molecule has 0 aromatic heterocycles. The number of carbonyl (C=O) groups excluding carboxylic acids is 2. The molecule has 1 heterocycles. The molecule has 0 aromatic carbocycles. The van der Waals surface area contributed by atoms with E-state index >= 15 is 0 Å². The van der Waals surface area contributed by atoms with E-state index in [2.05, 4.69) is 0 Å². The van der Waals surface area contributed by atoms with E-state index in [4.69, 9.17) is 14.2 Å². The second-order valence-corrected chi connectivity index (χ2v) is 4.96. The molecule has 6 heteroatoms. The third-order valence-electron chi connectivity index (χ3n) is 3.14. The molecule has 1 aliphatic heterocycles. The number of halogens is 1. The molecular formula is C11H15FO5. The minimum Gasteiger partial charge on any atom is -0.452 e. The Morgan fingerprint density at radius 1 is 1.53 bits per heavy atom. The van der Waals surface area contributed by atoms with Gasteiger partial charge in [0.2, 0.25) is 5.67 Å². The predicted octanol–water partition coefficient (Wildman–Crippen LogP) is 0.751. The van der Waals surface area contributed by atoms with Crippen LogP contribution in [0.3, 0.4) is 0 Å². The van der Waals surface area contributed by atoms with Crippen LogP contribution < -0.4 is 0 Å². The molecule has 3 atom stereocenters. The van der Waals surface area contributed by atoms with E-state index in [0.717, 1.165) is 0 Å². The summed E-state index contributed by atoms with van der Waals surface area (Å²) in [6.45, 7) is 4.63. The van der Waals surface area contributed by atoms with Crippen LogP contribution in [-0.4, -0.2) is 42.0 Å². The number of hydrogen-bond donors (Lipinski definition) is 0. The highest BCUT2D eigenvalue weighted by Gasteiger charge is 2.78. The van der Waals surface area contributed by atoms with Gasteiger partial charge in [0.25, 0.3) is 0 Å². The number of ether oxygens (including phenoxy) is 3. The van der Waals surface area contributed by atoms with E-state index in [1.165, 1.54) is 6.92 Å². The van der Waals surface area contributed by atoms with Gasteiger partial charge in [-0.15, -0.1) is 0 Å². The summed E-state index contributed by atoms with van der Waals surface area (Å²) in [5.41, 5.74) is -3.68. The van der Waals surface area contributed by atoms with E-state index in [0.29, 0.717) is 0 Å². The number of hydrogen-bond acceptors (Lipinski definition) is 5. The molecular weight excluding hydrogens is 231 g/mol. The van der Waals surface area contributed by atoms with Gasteiger partial charge >= 0.3 is 5.97 Å². The first-order chi connectivity index (χ1) is 7.75. The SMILES string of the molecule is CC(=O)O[C@@]1([C@H]2COC(C)(C)O2)C[C@]1(F)C=O. The third kappa shape index (κ3) is 1.85. The Balaban J connectivity index is 2.20. The summed E-state index contributed by atoms with van der Waals surface area (Å²) >= 11 is 0. The largest absolute Gasteiger partial charge is 0.452 e. The Kier molecular flexibility index (Phi) is 2.56. The average molecular weight is 246 g/mol. The van der Waals surface area contributed by atoms with Crippen molar-refractivity contribution in [2.45, 2.75) is 50.4 Å². The minimum absolute atomic E-state index is 0.0970. The fraction of sp³-hybridized carbons (Fsp3) is 0.818. The number of alkyl halides is 1. The summed E-state index contributed by atoms with van der Waals surface area (Å²) in [6.07, 6.45) is -0.755. The van der Waals surface area contributed by atoms with E-state index in [1.807, 2.05) is 0 Å². The van der Waals surface area contributed by atoms with Crippen molar-refractivity contribution in [3.8, 4) is 0 Å². The molecule has 96 valence electrons. The van der Waals surface area contributed by atoms with Crippen molar-refractivity contribution in [2.24, 2.45) is 0 Å². The summed E-state index contributed by atoms with van der Waals surface area (Å²) in [4.78, 5) is 21.8. The Labute approximate surface area is 98.2 Å². The zero-order valence-electron chi connectivity index (χ0n) is 9.99. The van der Waals surface area contributed by atoms with Gasteiger partial charge in [0.1, 0.15) is 6.10 Å². The molecule has 0 N–H and O–H groups in total. The molecule has 5 nitrogen and oxygen atoms in total. The van der Waals surface area contributed by atoms with Gasteiger partial charge in [0.05, 0.1) is 6.61 Å². The summed E-state index contributed by atoms with van der Waals surface area (Å²) in [7, 11) is 0. The molecule has 2 fully saturated rings. The quantitative estimate of drug-likeness (QED) is 0.543. The van der Waals surface area contributed by atoms with E-state index in [1.54, 1.807) is 13.8 Å². The first kappa shape index (κ1) is 12.4. The lowest BCUT2D eigenvalue weighted by Gasteiger charge is -2.24. The highest BCUT2D eigenvalue weighted by Crippen LogP contribution is 2.57. The van der Waals surface area contributed by atoms with Gasteiger partial charge in [-0.1, -0.05) is 0 Å². The smallest absolute Gasteiger partial charge is 0.303 e. The molecule has 0 bridgehead atoms. The Hall–Kier alpha value is -1.01. The molecule has 0 aromatic rings. The van der Waals surface area contributed by atoms with Crippen molar-refractivity contribution in [2.75, 3.05) is 6.61 Å². The molecule has 17 heavy (non-hydrogen) atoms. The lowest BCUT2D eigenvalue weighted by Crippen LogP contribution is -2.42. The predicted molar refractivity (Wildman–Crippen MR) is 53.9 cm³/mol. The van der Waals surface area contributed by atoms with Crippen LogP contribution in [0.1, 0.15) is 27.2 Å². The maximum Gasteiger partial charge on any atom is 0.303 e. The highest BCUT2D eigenvalue weighted by atomic mass is 19.1. The molecule has 1 aliphatic carbocycles. The average Bonchev–Trinajstić information content (AvgIpc) is 2.61. The van der Waals surface area contributed by atoms with Crippen molar-refractivity contribution in [3.05, 3.63) is 0 Å². The van der Waals surface area contributed by atoms with Gasteiger partial charge in [-0.3, -0.25) is 9.59 Å². The molecule has 1 saturated heterocycles. The van der Waals surface area contributed by atoms with Crippen LogP contribution in [0.2, 0.25) is 0 Å². The lowest BCUT2D eigenvalue weighted by molar-refractivity contribution is -0.179. The number of carbonyl (C=O) groups is 2. The van der Waals surface area contributed by atoms with Crippen LogP contribution in [0.15, 0.2) is 0 Å². The fourth-order valence-electron chi connectivity index (χ4n) is 2.22. The zero-order chi connectivity index (χ0) is 12.9. The Bertz CT molecular complexity index is 369. The topological polar surface area (TPSA) is 61.8 Å². The standard InChI is InChI=1S/C11H15FO5/c1-7(14)16-11(5-10(11,12)6-13)8-4-15-9(2,3)17-8/h6,8H,4-5H2,1-3H3/t8-,10+,11-/m1/s1. The fourth-order valence-corrected chi connectivity index (χ4v) is 2.22. The van der Waals surface area contributed by atoms with Crippen molar-refractivity contribution in [1.29, 1.82) is 0 Å². The molecule has 0 unspecified atom stereocenters. The molecule has 0 amide bonds.